The summed E-state index contributed by atoms with van der Waals surface area (Å²) in [5.74, 6) is -0.256. The Morgan fingerprint density at radius 1 is 1.25 bits per heavy atom. The fourth-order valence-corrected chi connectivity index (χ4v) is 1.24. The predicted octanol–water partition coefficient (Wildman–Crippen LogP) is 1.43. The van der Waals surface area contributed by atoms with Crippen LogP contribution < -0.4 is 5.32 Å². The minimum Gasteiger partial charge on any atom is -0.321 e. The van der Waals surface area contributed by atoms with E-state index < -0.39 is 0 Å². The molecule has 0 aliphatic rings. The van der Waals surface area contributed by atoms with Gasteiger partial charge in [-0.15, -0.1) is 0 Å². The molecule has 1 amide bonds. The van der Waals surface area contributed by atoms with Gasteiger partial charge >= 0.3 is 0 Å². The van der Waals surface area contributed by atoms with Crippen LogP contribution in [-0.2, 0) is 0 Å². The van der Waals surface area contributed by atoms with E-state index in [0.717, 1.165) is 5.69 Å². The molecule has 0 bridgehead atoms. The summed E-state index contributed by atoms with van der Waals surface area (Å²) in [6.07, 6.45) is 4.51. The lowest BCUT2D eigenvalue weighted by molar-refractivity contribution is 0.102. The van der Waals surface area contributed by atoms with Crippen LogP contribution in [0.1, 0.15) is 16.2 Å². The van der Waals surface area contributed by atoms with Gasteiger partial charge in [0.1, 0.15) is 12.0 Å². The molecule has 80 valence electrons. The van der Waals surface area contributed by atoms with Gasteiger partial charge in [-0.3, -0.25) is 9.78 Å². The Labute approximate surface area is 92.6 Å². The molecule has 5 heteroatoms. The molecular weight excluding hydrogens is 204 g/mol. The van der Waals surface area contributed by atoms with E-state index >= 15 is 0 Å². The summed E-state index contributed by atoms with van der Waals surface area (Å²) in [7, 11) is 0. The minimum atomic E-state index is -0.256. The lowest BCUT2D eigenvalue weighted by Crippen LogP contribution is -2.13. The molecule has 1 N–H and O–H groups in total. The van der Waals surface area contributed by atoms with Gasteiger partial charge in [-0.25, -0.2) is 9.97 Å². The van der Waals surface area contributed by atoms with Crippen LogP contribution in [0.25, 0.3) is 0 Å². The number of amides is 1. The number of aromatic nitrogens is 3. The molecule has 0 radical (unpaired) electrons. The van der Waals surface area contributed by atoms with Gasteiger partial charge in [0.2, 0.25) is 0 Å². The second-order valence-electron chi connectivity index (χ2n) is 3.23. The van der Waals surface area contributed by atoms with Crippen LogP contribution in [0.15, 0.2) is 36.9 Å². The second kappa shape index (κ2) is 4.48. The Morgan fingerprint density at radius 3 is 2.81 bits per heavy atom. The summed E-state index contributed by atoms with van der Waals surface area (Å²) in [5, 5.41) is 2.73. The van der Waals surface area contributed by atoms with Gasteiger partial charge in [-0.05, 0) is 25.1 Å². The maximum absolute atomic E-state index is 11.7. The van der Waals surface area contributed by atoms with Gasteiger partial charge in [0.25, 0.3) is 5.91 Å². The zero-order valence-electron chi connectivity index (χ0n) is 8.71. The third kappa shape index (κ3) is 2.38. The van der Waals surface area contributed by atoms with Gasteiger partial charge < -0.3 is 5.32 Å². The molecule has 0 fully saturated rings. The number of hydrogen-bond donors (Lipinski definition) is 1. The standard InChI is InChI=1S/C11H10N4O/c1-8-6-9(2-5-13-8)15-11(16)10-3-4-12-7-14-10/h2-7H,1H3,(H,13,15,16). The van der Waals surface area contributed by atoms with Crippen LogP contribution in [-0.4, -0.2) is 20.9 Å². The third-order valence-corrected chi connectivity index (χ3v) is 1.97. The first kappa shape index (κ1) is 10.2. The number of carbonyl (C=O) groups is 1. The molecular formula is C11H10N4O. The number of nitrogens with one attached hydrogen (secondary N) is 1. The van der Waals surface area contributed by atoms with Crippen molar-refractivity contribution in [3.05, 3.63) is 48.3 Å². The number of hydrogen-bond acceptors (Lipinski definition) is 4. The van der Waals surface area contributed by atoms with Crippen LogP contribution in [0.2, 0.25) is 0 Å². The van der Waals surface area contributed by atoms with Crippen LogP contribution >= 0.6 is 0 Å². The van der Waals surface area contributed by atoms with Crippen LogP contribution in [0.5, 0.6) is 0 Å². The van der Waals surface area contributed by atoms with E-state index in [1.807, 2.05) is 6.92 Å². The van der Waals surface area contributed by atoms with Crippen molar-refractivity contribution < 1.29 is 4.79 Å². The normalized spacial score (nSPS) is 9.81. The third-order valence-electron chi connectivity index (χ3n) is 1.97. The summed E-state index contributed by atoms with van der Waals surface area (Å²) in [6, 6.07) is 5.08. The van der Waals surface area contributed by atoms with Crippen molar-refractivity contribution in [1.29, 1.82) is 0 Å². The van der Waals surface area contributed by atoms with Crippen molar-refractivity contribution in [2.45, 2.75) is 6.92 Å². The maximum Gasteiger partial charge on any atom is 0.274 e. The van der Waals surface area contributed by atoms with E-state index in [1.54, 1.807) is 24.4 Å². The fraction of sp³-hybridized carbons (Fsp3) is 0.0909. The molecule has 0 saturated carbocycles. The highest BCUT2D eigenvalue weighted by atomic mass is 16.1. The van der Waals surface area contributed by atoms with Crippen molar-refractivity contribution >= 4 is 11.6 Å². The van der Waals surface area contributed by atoms with Gasteiger partial charge in [0.05, 0.1) is 0 Å². The van der Waals surface area contributed by atoms with Crippen molar-refractivity contribution in [3.63, 3.8) is 0 Å². The second-order valence-corrected chi connectivity index (χ2v) is 3.23. The predicted molar refractivity (Wildman–Crippen MR) is 59.0 cm³/mol. The number of pyridine rings is 1. The Morgan fingerprint density at radius 2 is 2.12 bits per heavy atom. The maximum atomic E-state index is 11.7. The van der Waals surface area contributed by atoms with Crippen LogP contribution in [0.3, 0.4) is 0 Å². The Bertz CT molecular complexity index is 498. The molecule has 2 rings (SSSR count). The number of anilines is 1. The molecule has 0 spiro atoms. The molecule has 16 heavy (non-hydrogen) atoms. The summed E-state index contributed by atoms with van der Waals surface area (Å²) in [6.45, 7) is 1.86. The first-order valence-electron chi connectivity index (χ1n) is 4.76. The van der Waals surface area contributed by atoms with Gasteiger partial charge in [0, 0.05) is 23.8 Å². The fourth-order valence-electron chi connectivity index (χ4n) is 1.24. The van der Waals surface area contributed by atoms with Crippen LogP contribution in [0, 0.1) is 6.92 Å². The van der Waals surface area contributed by atoms with Gasteiger partial charge in [-0.2, -0.15) is 0 Å². The molecule has 5 nitrogen and oxygen atoms in total. The molecule has 0 unspecified atom stereocenters. The van der Waals surface area contributed by atoms with E-state index in [-0.39, 0.29) is 5.91 Å². The summed E-state index contributed by atoms with van der Waals surface area (Å²) in [5.41, 5.74) is 1.89. The monoisotopic (exact) mass is 214 g/mol. The molecule has 0 aliphatic heterocycles. The summed E-state index contributed by atoms with van der Waals surface area (Å²) in [4.78, 5) is 23.4. The van der Waals surface area contributed by atoms with Crippen molar-refractivity contribution in [2.75, 3.05) is 5.32 Å². The molecule has 0 saturated heterocycles. The van der Waals surface area contributed by atoms with E-state index in [0.29, 0.717) is 11.4 Å². The molecule has 2 aromatic rings. The first-order chi connectivity index (χ1) is 7.75. The molecule has 0 atom stereocenters. The Balaban J connectivity index is 2.14. The molecule has 0 aromatic carbocycles. The number of nitrogens with zero attached hydrogens (tertiary/aromatic N) is 3. The molecule has 0 aliphatic carbocycles. The smallest absolute Gasteiger partial charge is 0.274 e. The average molecular weight is 214 g/mol. The molecule has 2 heterocycles. The minimum absolute atomic E-state index is 0.256. The van der Waals surface area contributed by atoms with Crippen LogP contribution in [0.4, 0.5) is 5.69 Å². The number of aryl methyl sites for hydroxylation is 1. The number of rotatable bonds is 2. The van der Waals surface area contributed by atoms with Gasteiger partial charge in [-0.1, -0.05) is 0 Å². The van der Waals surface area contributed by atoms with Crippen molar-refractivity contribution in [1.82, 2.24) is 15.0 Å². The quantitative estimate of drug-likeness (QED) is 0.821. The van der Waals surface area contributed by atoms with Crippen molar-refractivity contribution in [2.24, 2.45) is 0 Å². The Hall–Kier alpha value is -2.30. The zero-order valence-corrected chi connectivity index (χ0v) is 8.71. The topological polar surface area (TPSA) is 67.8 Å². The lowest BCUT2D eigenvalue weighted by atomic mass is 10.3. The van der Waals surface area contributed by atoms with Gasteiger partial charge in [0.15, 0.2) is 0 Å². The first-order valence-corrected chi connectivity index (χ1v) is 4.76. The van der Waals surface area contributed by atoms with E-state index in [2.05, 4.69) is 20.3 Å². The van der Waals surface area contributed by atoms with E-state index in [4.69, 9.17) is 0 Å². The highest BCUT2D eigenvalue weighted by Gasteiger charge is 2.06. The highest BCUT2D eigenvalue weighted by Crippen LogP contribution is 2.08. The summed E-state index contributed by atoms with van der Waals surface area (Å²) < 4.78 is 0. The zero-order chi connectivity index (χ0) is 11.4. The average Bonchev–Trinajstić information content (AvgIpc) is 2.30. The number of carbonyl (C=O) groups excluding carboxylic acids is 1. The van der Waals surface area contributed by atoms with Crippen molar-refractivity contribution in [3.8, 4) is 0 Å². The van der Waals surface area contributed by atoms with E-state index in [1.165, 1.54) is 12.5 Å². The Kier molecular flexibility index (Phi) is 2.86. The highest BCUT2D eigenvalue weighted by molar-refractivity contribution is 6.02. The lowest BCUT2D eigenvalue weighted by Gasteiger charge is -2.04. The van der Waals surface area contributed by atoms with E-state index in [9.17, 15) is 4.79 Å². The SMILES string of the molecule is Cc1cc(NC(=O)c2ccncn2)ccn1. The molecule has 2 aromatic heterocycles. The largest absolute Gasteiger partial charge is 0.321 e. The summed E-state index contributed by atoms with van der Waals surface area (Å²) >= 11 is 0.